The molecule has 75 heavy (non-hydrogen) atoms. The van der Waals surface area contributed by atoms with Crippen molar-refractivity contribution in [3.63, 3.8) is 0 Å². The van der Waals surface area contributed by atoms with Crippen LogP contribution in [0.15, 0.2) is 78.9 Å². The Morgan fingerprint density at radius 2 is 1.43 bits per heavy atom. The van der Waals surface area contributed by atoms with Crippen molar-refractivity contribution < 1.29 is 72.9 Å². The summed E-state index contributed by atoms with van der Waals surface area (Å²) < 4.78 is 31.5. The first-order valence-electron chi connectivity index (χ1n) is 25.2. The molecule has 0 unspecified atom stereocenters. The van der Waals surface area contributed by atoms with E-state index in [1.54, 1.807) is 6.07 Å². The minimum atomic E-state index is -5.19. The molecule has 0 aliphatic carbocycles. The molecule has 4 aromatic rings. The number of hydrogen-bond donors (Lipinski definition) is 8. The molecule has 0 radical (unpaired) electrons. The Bertz CT molecular complexity index is 2630. The van der Waals surface area contributed by atoms with Gasteiger partial charge >= 0.3 is 12.1 Å². The molecule has 5 rings (SSSR count). The molecule has 4 atom stereocenters. The van der Waals surface area contributed by atoms with Gasteiger partial charge in [0.05, 0.1) is 6.54 Å². The summed E-state index contributed by atoms with van der Waals surface area (Å²) in [5.41, 5.74) is 9.39. The summed E-state index contributed by atoms with van der Waals surface area (Å²) in [6, 6.07) is 17.6. The van der Waals surface area contributed by atoms with Crippen LogP contribution in [0.2, 0.25) is 0 Å². The number of aryl methyl sites for hydroxylation is 2. The summed E-state index contributed by atoms with van der Waals surface area (Å²) >= 11 is 0. The molecule has 4 aromatic carbocycles. The van der Waals surface area contributed by atoms with Gasteiger partial charge in [-0.25, -0.2) is 4.79 Å². The van der Waals surface area contributed by atoms with Crippen molar-refractivity contribution in [2.45, 2.75) is 135 Å². The molecule has 17 nitrogen and oxygen atoms in total. The Kier molecular flexibility index (Phi) is 23.1. The highest BCUT2D eigenvalue weighted by atomic mass is 19.4. The van der Waals surface area contributed by atoms with Crippen LogP contribution in [0.3, 0.4) is 0 Å². The SMILES string of the molecule is CCCCCCCCCc1ccc(-c2ccc(C(=O)NCCC(=O)N[C@@H](CCCC[NH3+])C(=O)N(C)[C@@H]3C(=O)N[C@@H](C)C(=O)N[C@H](C(=O)O)Cc4ccc(O)c(c4)-c4cc3ccc4O)c(C)c2)cc1.O=C([O-])C(F)(F)F. The lowest BCUT2D eigenvalue weighted by atomic mass is 9.93. The van der Waals surface area contributed by atoms with Gasteiger partial charge in [-0.15, -0.1) is 0 Å². The number of amides is 5. The fraction of sp³-hybridized carbons (Fsp3) is 0.436. The van der Waals surface area contributed by atoms with Gasteiger partial charge in [-0.3, -0.25) is 24.0 Å². The number of hydrogen-bond acceptors (Lipinski definition) is 10. The minimum Gasteiger partial charge on any atom is -0.542 e. The molecule has 0 fully saturated rings. The number of fused-ring (bicyclic) bond motifs is 5. The van der Waals surface area contributed by atoms with E-state index in [1.165, 1.54) is 101 Å². The van der Waals surface area contributed by atoms with E-state index in [-0.39, 0.29) is 59.9 Å². The number of phenols is 2. The number of phenolic OH excluding ortho intramolecular Hbond substituents is 2. The highest BCUT2D eigenvalue weighted by molar-refractivity contribution is 5.97. The molecule has 0 aromatic heterocycles. The summed E-state index contributed by atoms with van der Waals surface area (Å²) in [7, 11) is 1.38. The standard InChI is InChI=1S/C53H68N6O9.C2HF3O2/c1-5-6-7-8-9-10-11-14-35-16-19-37(20-17-35)38-21-23-40(33(2)29-38)50(64)55-28-26-47(62)57-43(15-12-13-27-54)52(66)59(4)48-39-22-25-46(61)42(32-39)41-30-36(18-24-45(41)60)31-44(53(67)68)58-49(63)34(3)56-51(48)65;3-2(4,5)1(6)7/h16-25,29-30,32,34,43-44,48,60-61H,5-15,26-28,31,54H2,1-4H3,(H,55,64)(H,56,65)(H,57,62)(H,58,63)(H,67,68);(H,6,7)/t34-,43-,44-,48-;/m0./s1. The maximum absolute atomic E-state index is 14.5. The van der Waals surface area contributed by atoms with E-state index >= 15 is 0 Å². The van der Waals surface area contributed by atoms with Gasteiger partial charge < -0.3 is 57.1 Å². The van der Waals surface area contributed by atoms with Crippen molar-refractivity contribution in [2.75, 3.05) is 20.1 Å². The smallest absolute Gasteiger partial charge is 0.430 e. The third-order valence-corrected chi connectivity index (χ3v) is 12.8. The number of likely N-dealkylation sites (N-methyl/N-ethyl adjacent to an activating group) is 1. The fourth-order valence-electron chi connectivity index (χ4n) is 8.56. The van der Waals surface area contributed by atoms with Crippen LogP contribution >= 0.6 is 0 Å². The lowest BCUT2D eigenvalue weighted by Gasteiger charge is -2.32. The molecular weight excluding hydrogens is 978 g/mol. The van der Waals surface area contributed by atoms with Gasteiger partial charge in [0.15, 0.2) is 0 Å². The average molecular weight is 1050 g/mol. The van der Waals surface area contributed by atoms with Crippen LogP contribution in [0, 0.1) is 6.92 Å². The number of carboxylic acid groups (broad SMARTS) is 2. The number of aromatic hydroxyl groups is 2. The monoisotopic (exact) mass is 1050 g/mol. The van der Waals surface area contributed by atoms with E-state index < -0.39 is 65.9 Å². The summed E-state index contributed by atoms with van der Waals surface area (Å²) in [6.07, 6.45) is 5.84. The van der Waals surface area contributed by atoms with Crippen molar-refractivity contribution in [1.82, 2.24) is 26.2 Å². The molecule has 1 heterocycles. The molecule has 0 saturated carbocycles. The van der Waals surface area contributed by atoms with Gasteiger partial charge in [0.25, 0.3) is 5.91 Å². The normalized spacial score (nSPS) is 15.9. The Hall–Kier alpha value is -7.48. The van der Waals surface area contributed by atoms with Crippen LogP contribution in [0.25, 0.3) is 22.3 Å². The van der Waals surface area contributed by atoms with Crippen LogP contribution in [0.4, 0.5) is 13.2 Å². The molecule has 1 aliphatic rings. The Morgan fingerprint density at radius 1 is 0.813 bits per heavy atom. The second kappa shape index (κ2) is 28.8. The summed E-state index contributed by atoms with van der Waals surface area (Å²) in [5, 5.41) is 51.3. The van der Waals surface area contributed by atoms with Crippen LogP contribution in [0.1, 0.15) is 123 Å². The molecule has 4 bridgehead atoms. The van der Waals surface area contributed by atoms with Gasteiger partial charge in [-0.1, -0.05) is 94.0 Å². The summed E-state index contributed by atoms with van der Waals surface area (Å²) in [4.78, 5) is 90.9. The first kappa shape index (κ1) is 60.1. The number of alkyl halides is 3. The quantitative estimate of drug-likeness (QED) is 0.0504. The first-order valence-corrected chi connectivity index (χ1v) is 25.2. The number of quaternary nitrogens is 1. The predicted octanol–water partition coefficient (Wildman–Crippen LogP) is 5.18. The topological polar surface area (TPSA) is 282 Å². The van der Waals surface area contributed by atoms with Crippen molar-refractivity contribution in [3.8, 4) is 33.8 Å². The zero-order valence-electron chi connectivity index (χ0n) is 42.8. The molecule has 0 spiro atoms. The molecule has 0 saturated heterocycles. The van der Waals surface area contributed by atoms with Crippen molar-refractivity contribution >= 4 is 41.5 Å². The maximum Gasteiger partial charge on any atom is 0.430 e. The number of nitrogens with zero attached hydrogens (tertiary/aromatic N) is 1. The zero-order valence-corrected chi connectivity index (χ0v) is 42.8. The van der Waals surface area contributed by atoms with Crippen LogP contribution < -0.4 is 32.1 Å². The Balaban J connectivity index is 0.00000162. The molecule has 10 N–H and O–H groups in total. The second-order valence-electron chi connectivity index (χ2n) is 18.7. The highest BCUT2D eigenvalue weighted by Crippen LogP contribution is 2.39. The van der Waals surface area contributed by atoms with Gasteiger partial charge in [-0.05, 0) is 110 Å². The first-order chi connectivity index (χ1) is 35.6. The van der Waals surface area contributed by atoms with E-state index in [9.17, 15) is 57.3 Å². The van der Waals surface area contributed by atoms with Crippen molar-refractivity contribution in [2.24, 2.45) is 0 Å². The molecular formula is C55H69F3N6O11. The third-order valence-electron chi connectivity index (χ3n) is 12.8. The lowest BCUT2D eigenvalue weighted by molar-refractivity contribution is -0.368. The predicted molar refractivity (Wildman–Crippen MR) is 271 cm³/mol. The average Bonchev–Trinajstić information content (AvgIpc) is 3.36. The number of benzene rings is 4. The number of carbonyl (C=O) groups is 7. The van der Waals surface area contributed by atoms with E-state index in [1.807, 2.05) is 19.1 Å². The third kappa shape index (κ3) is 18.1. The fourth-order valence-corrected chi connectivity index (χ4v) is 8.56. The van der Waals surface area contributed by atoms with Gasteiger partial charge in [0.2, 0.25) is 23.6 Å². The number of rotatable bonds is 21. The molecule has 1 aliphatic heterocycles. The van der Waals surface area contributed by atoms with Crippen LogP contribution in [0.5, 0.6) is 11.5 Å². The van der Waals surface area contributed by atoms with E-state index in [0.29, 0.717) is 30.5 Å². The zero-order chi connectivity index (χ0) is 55.4. The lowest BCUT2D eigenvalue weighted by Crippen LogP contribution is -2.55. The highest BCUT2D eigenvalue weighted by Gasteiger charge is 2.36. The maximum atomic E-state index is 14.5. The largest absolute Gasteiger partial charge is 0.542 e. The second-order valence-corrected chi connectivity index (χ2v) is 18.7. The van der Waals surface area contributed by atoms with Crippen LogP contribution in [-0.4, -0.2) is 106 Å². The molecule has 406 valence electrons. The van der Waals surface area contributed by atoms with Gasteiger partial charge in [-0.2, -0.15) is 13.2 Å². The van der Waals surface area contributed by atoms with E-state index in [0.717, 1.165) is 28.0 Å². The number of aliphatic carboxylic acids is 2. The van der Waals surface area contributed by atoms with Crippen LogP contribution in [-0.2, 0) is 41.6 Å². The summed E-state index contributed by atoms with van der Waals surface area (Å²) in [5.74, 6) is -7.91. The van der Waals surface area contributed by atoms with E-state index in [4.69, 9.17) is 9.90 Å². The number of carboxylic acids is 2. The number of nitrogens with one attached hydrogen (secondary N) is 4. The Morgan fingerprint density at radius 3 is 2.04 bits per heavy atom. The number of halogens is 3. The molecule has 5 amide bonds. The van der Waals surface area contributed by atoms with Gasteiger partial charge in [0, 0.05) is 43.1 Å². The summed E-state index contributed by atoms with van der Waals surface area (Å²) in [6.45, 7) is 6.05. The number of carbonyl (C=O) groups excluding carboxylic acids is 6. The van der Waals surface area contributed by atoms with Gasteiger partial charge in [0.1, 0.15) is 41.6 Å². The minimum absolute atomic E-state index is 0.0141. The van der Waals surface area contributed by atoms with Crippen molar-refractivity contribution in [3.05, 3.63) is 107 Å². The molecule has 20 heteroatoms. The number of unbranched alkanes of at least 4 members (excludes halogenated alkanes) is 7. The van der Waals surface area contributed by atoms with Crippen molar-refractivity contribution in [1.29, 1.82) is 0 Å². The van der Waals surface area contributed by atoms with E-state index in [2.05, 4.69) is 58.2 Å². The Labute approximate surface area is 434 Å².